The summed E-state index contributed by atoms with van der Waals surface area (Å²) in [5.41, 5.74) is 4.07. The van der Waals surface area contributed by atoms with Crippen molar-refractivity contribution >= 4 is 0 Å². The minimum absolute atomic E-state index is 0.0923. The Kier molecular flexibility index (Phi) is 4.15. The maximum absolute atomic E-state index is 13.1. The van der Waals surface area contributed by atoms with E-state index in [2.05, 4.69) is 0 Å². The molecule has 3 nitrogen and oxygen atoms in total. The second-order valence-electron chi connectivity index (χ2n) is 5.57. The van der Waals surface area contributed by atoms with Crippen LogP contribution in [0.4, 0.5) is 26.3 Å². The third-order valence-electron chi connectivity index (χ3n) is 3.60. The second kappa shape index (κ2) is 5.41. The third-order valence-corrected chi connectivity index (χ3v) is 3.60. The Morgan fingerprint density at radius 1 is 0.913 bits per heavy atom. The summed E-state index contributed by atoms with van der Waals surface area (Å²) < 4.78 is 83.9. The van der Waals surface area contributed by atoms with E-state index >= 15 is 0 Å². The van der Waals surface area contributed by atoms with Crippen LogP contribution in [0.5, 0.6) is 5.75 Å². The lowest BCUT2D eigenvalue weighted by atomic mass is 9.74. The number of ether oxygens (including phenoxy) is 1. The first kappa shape index (κ1) is 17.6. The molecule has 1 aliphatic carbocycles. The van der Waals surface area contributed by atoms with Gasteiger partial charge in [-0.05, 0) is 18.2 Å². The smallest absolute Gasteiger partial charge is 0.410 e. The van der Waals surface area contributed by atoms with E-state index in [4.69, 9.17) is 16.2 Å². The summed E-state index contributed by atoms with van der Waals surface area (Å²) in [6, 6.07) is 7.46. The molecule has 0 amide bonds. The van der Waals surface area contributed by atoms with Crippen molar-refractivity contribution in [1.82, 2.24) is 0 Å². The quantitative estimate of drug-likeness (QED) is 0.813. The summed E-state index contributed by atoms with van der Waals surface area (Å²) in [4.78, 5) is 0. The topological polar surface area (TPSA) is 61.3 Å². The van der Waals surface area contributed by atoms with Gasteiger partial charge in [0.25, 0.3) is 0 Å². The van der Waals surface area contributed by atoms with Crippen LogP contribution in [0.1, 0.15) is 12.8 Å². The predicted octanol–water partition coefficient (Wildman–Crippen LogP) is 3.26. The van der Waals surface area contributed by atoms with Crippen LogP contribution in [-0.4, -0.2) is 23.4 Å². The van der Waals surface area contributed by atoms with Crippen molar-refractivity contribution in [2.24, 2.45) is 11.5 Å². The van der Waals surface area contributed by atoms with Gasteiger partial charge in [0, 0.05) is 12.8 Å². The normalized spacial score (nSPS) is 29.1. The summed E-state index contributed by atoms with van der Waals surface area (Å²) in [7, 11) is 0. The van der Waals surface area contributed by atoms with Crippen LogP contribution in [-0.2, 0) is 0 Å². The zero-order valence-electron chi connectivity index (χ0n) is 11.7. The van der Waals surface area contributed by atoms with Crippen molar-refractivity contribution in [3.8, 4) is 5.75 Å². The highest BCUT2D eigenvalue weighted by Crippen LogP contribution is 2.47. The Balaban J connectivity index is 2.43. The fourth-order valence-corrected chi connectivity index (χ4v) is 2.37. The molecule has 128 valence electrons. The van der Waals surface area contributed by atoms with Crippen LogP contribution in [0, 0.1) is 0 Å². The van der Waals surface area contributed by atoms with E-state index in [1.54, 1.807) is 6.07 Å². The number of benzene rings is 1. The van der Waals surface area contributed by atoms with Crippen molar-refractivity contribution in [2.75, 3.05) is 0 Å². The zero-order chi connectivity index (χ0) is 17.5. The first-order valence-corrected chi connectivity index (χ1v) is 6.52. The fourth-order valence-electron chi connectivity index (χ4n) is 2.37. The number of rotatable bonds is 2. The highest BCUT2D eigenvalue weighted by atomic mass is 19.4. The Morgan fingerprint density at radius 3 is 1.96 bits per heavy atom. The Hall–Kier alpha value is -1.74. The van der Waals surface area contributed by atoms with Crippen LogP contribution in [0.3, 0.4) is 0 Å². The summed E-state index contributed by atoms with van der Waals surface area (Å²) >= 11 is 0. The SMILES string of the molecule is NC1(C(F)(F)F)C=C(Oc2ccccc2)CC(N)(C(F)(F)F)C1. The van der Waals surface area contributed by atoms with Gasteiger partial charge in [-0.3, -0.25) is 0 Å². The van der Waals surface area contributed by atoms with Crippen LogP contribution >= 0.6 is 0 Å². The molecule has 9 heteroatoms. The van der Waals surface area contributed by atoms with E-state index in [1.165, 1.54) is 24.3 Å². The Morgan fingerprint density at radius 2 is 1.48 bits per heavy atom. The van der Waals surface area contributed by atoms with Crippen LogP contribution in [0.25, 0.3) is 0 Å². The van der Waals surface area contributed by atoms with Gasteiger partial charge >= 0.3 is 12.4 Å². The highest BCUT2D eigenvalue weighted by Gasteiger charge is 2.64. The van der Waals surface area contributed by atoms with Crippen molar-refractivity contribution < 1.29 is 31.1 Å². The molecule has 2 unspecified atom stereocenters. The minimum Gasteiger partial charge on any atom is -0.462 e. The summed E-state index contributed by atoms with van der Waals surface area (Å²) in [5.74, 6) is -0.475. The summed E-state index contributed by atoms with van der Waals surface area (Å²) in [5, 5.41) is 0. The highest BCUT2D eigenvalue weighted by molar-refractivity contribution is 5.29. The van der Waals surface area contributed by atoms with Gasteiger partial charge in [0.1, 0.15) is 22.6 Å². The van der Waals surface area contributed by atoms with Crippen LogP contribution < -0.4 is 16.2 Å². The number of para-hydroxylation sites is 1. The molecule has 0 saturated heterocycles. The van der Waals surface area contributed by atoms with Gasteiger partial charge in [0.15, 0.2) is 0 Å². The van der Waals surface area contributed by atoms with E-state index in [-0.39, 0.29) is 5.75 Å². The predicted molar refractivity (Wildman–Crippen MR) is 70.3 cm³/mol. The maximum Gasteiger partial charge on any atom is 0.410 e. The molecule has 1 aromatic rings. The Labute approximate surface area is 127 Å². The molecule has 0 radical (unpaired) electrons. The van der Waals surface area contributed by atoms with Gasteiger partial charge in [0.2, 0.25) is 0 Å². The number of nitrogens with two attached hydrogens (primary N) is 2. The van der Waals surface area contributed by atoms with Crippen molar-refractivity contribution in [1.29, 1.82) is 0 Å². The lowest BCUT2D eigenvalue weighted by Gasteiger charge is -2.43. The molecule has 1 aromatic carbocycles. The number of halogens is 6. The molecule has 0 saturated carbocycles. The average molecular weight is 340 g/mol. The standard InChI is InChI=1S/C14H14F6N2O/c15-13(16,17)11(21)6-10(23-9-4-2-1-3-5-9)7-12(22,8-11)14(18,19)20/h1-6H,7-8,21-22H2. The lowest BCUT2D eigenvalue weighted by molar-refractivity contribution is -0.221. The number of hydrogen-bond acceptors (Lipinski definition) is 3. The first-order valence-electron chi connectivity index (χ1n) is 6.52. The van der Waals surface area contributed by atoms with E-state index < -0.39 is 42.0 Å². The summed E-state index contributed by atoms with van der Waals surface area (Å²) in [6.45, 7) is 0. The molecule has 2 rings (SSSR count). The molecule has 0 heterocycles. The van der Waals surface area contributed by atoms with Gasteiger partial charge in [-0.1, -0.05) is 18.2 Å². The van der Waals surface area contributed by atoms with Crippen molar-refractivity contribution in [3.63, 3.8) is 0 Å². The fraction of sp³-hybridized carbons (Fsp3) is 0.429. The number of alkyl halides is 6. The molecule has 0 spiro atoms. The second-order valence-corrected chi connectivity index (χ2v) is 5.57. The van der Waals surface area contributed by atoms with E-state index in [9.17, 15) is 26.3 Å². The van der Waals surface area contributed by atoms with E-state index in [1.807, 2.05) is 0 Å². The zero-order valence-corrected chi connectivity index (χ0v) is 11.7. The molecule has 0 aliphatic heterocycles. The molecule has 23 heavy (non-hydrogen) atoms. The maximum atomic E-state index is 13.1. The van der Waals surface area contributed by atoms with E-state index in [0.29, 0.717) is 6.08 Å². The lowest BCUT2D eigenvalue weighted by Crippen LogP contribution is -2.66. The van der Waals surface area contributed by atoms with Gasteiger partial charge in [0.05, 0.1) is 0 Å². The average Bonchev–Trinajstić information content (AvgIpc) is 2.36. The minimum atomic E-state index is -5.10. The molecular weight excluding hydrogens is 326 g/mol. The first-order chi connectivity index (χ1) is 10.4. The largest absolute Gasteiger partial charge is 0.462 e. The molecule has 0 bridgehead atoms. The monoisotopic (exact) mass is 340 g/mol. The summed E-state index contributed by atoms with van der Waals surface area (Å²) in [6.07, 6.45) is -12.1. The molecular formula is C14H14F6N2O. The third kappa shape index (κ3) is 3.45. The molecule has 4 N–H and O–H groups in total. The Bertz CT molecular complexity index is 598. The molecule has 2 atom stereocenters. The van der Waals surface area contributed by atoms with Crippen LogP contribution in [0.15, 0.2) is 42.2 Å². The van der Waals surface area contributed by atoms with Crippen LogP contribution in [0.2, 0.25) is 0 Å². The van der Waals surface area contributed by atoms with Gasteiger partial charge in [-0.15, -0.1) is 0 Å². The van der Waals surface area contributed by atoms with E-state index in [0.717, 1.165) is 0 Å². The van der Waals surface area contributed by atoms with Gasteiger partial charge in [-0.25, -0.2) is 0 Å². The number of hydrogen-bond donors (Lipinski definition) is 2. The van der Waals surface area contributed by atoms with Crippen molar-refractivity contribution in [2.45, 2.75) is 36.3 Å². The van der Waals surface area contributed by atoms with Crippen molar-refractivity contribution in [3.05, 3.63) is 42.2 Å². The van der Waals surface area contributed by atoms with Gasteiger partial charge < -0.3 is 16.2 Å². The van der Waals surface area contributed by atoms with Gasteiger partial charge in [-0.2, -0.15) is 26.3 Å². The molecule has 0 aromatic heterocycles. The molecule has 0 fully saturated rings. The molecule has 1 aliphatic rings.